The van der Waals surface area contributed by atoms with Crippen molar-refractivity contribution >= 4 is 17.9 Å². The summed E-state index contributed by atoms with van der Waals surface area (Å²) in [5.74, 6) is -1.29. The van der Waals surface area contributed by atoms with Crippen molar-refractivity contribution in [3.63, 3.8) is 0 Å². The molecule has 27 heavy (non-hydrogen) atoms. The summed E-state index contributed by atoms with van der Waals surface area (Å²) in [6.45, 7) is -0.0943. The standard InChI is InChI=1S/C18H24N4O5/c19-9-5-4-8-15(17(20)25)22-16(24)10-14(23)11-21-18(26)27-12-13-6-2-1-3-7-13/h1-3,6-7,14-15,23H,4-5,8,10-12H2,(H2,20,25)(H,21,26)(H,22,24)/t14-,15+/m1/s1. The van der Waals surface area contributed by atoms with E-state index < -0.39 is 30.1 Å². The van der Waals surface area contributed by atoms with Crippen molar-refractivity contribution in [3.05, 3.63) is 35.9 Å². The number of nitrogens with two attached hydrogens (primary N) is 1. The van der Waals surface area contributed by atoms with Crippen LogP contribution >= 0.6 is 0 Å². The average Bonchev–Trinajstić information content (AvgIpc) is 2.64. The Kier molecular flexibility index (Phi) is 9.96. The highest BCUT2D eigenvalue weighted by atomic mass is 16.5. The second-order valence-corrected chi connectivity index (χ2v) is 5.87. The van der Waals surface area contributed by atoms with Crippen molar-refractivity contribution in [1.29, 1.82) is 5.26 Å². The number of alkyl carbamates (subject to hydrolysis) is 1. The summed E-state index contributed by atoms with van der Waals surface area (Å²) in [6, 6.07) is 10.1. The highest BCUT2D eigenvalue weighted by Crippen LogP contribution is 2.02. The molecule has 2 atom stereocenters. The summed E-state index contributed by atoms with van der Waals surface area (Å²) < 4.78 is 4.99. The summed E-state index contributed by atoms with van der Waals surface area (Å²) in [4.78, 5) is 34.8. The number of carbonyl (C=O) groups is 3. The highest BCUT2D eigenvalue weighted by molar-refractivity contribution is 5.86. The SMILES string of the molecule is N#CCCC[C@H](NC(=O)C[C@@H](O)CNC(=O)OCc1ccccc1)C(N)=O. The van der Waals surface area contributed by atoms with E-state index in [1.165, 1.54) is 0 Å². The number of primary amides is 1. The summed E-state index contributed by atoms with van der Waals surface area (Å²) in [7, 11) is 0. The van der Waals surface area contributed by atoms with Crippen molar-refractivity contribution in [3.8, 4) is 6.07 Å². The smallest absolute Gasteiger partial charge is 0.407 e. The van der Waals surface area contributed by atoms with E-state index >= 15 is 0 Å². The topological polar surface area (TPSA) is 155 Å². The van der Waals surface area contributed by atoms with Gasteiger partial charge in [0.05, 0.1) is 18.6 Å². The first-order valence-electron chi connectivity index (χ1n) is 8.50. The number of ether oxygens (including phenoxy) is 1. The number of nitrogens with zero attached hydrogens (tertiary/aromatic N) is 1. The molecule has 0 spiro atoms. The molecule has 1 aromatic carbocycles. The maximum atomic E-state index is 11.9. The van der Waals surface area contributed by atoms with Crippen LogP contribution in [0.2, 0.25) is 0 Å². The van der Waals surface area contributed by atoms with E-state index in [-0.39, 0.29) is 32.4 Å². The minimum atomic E-state index is -1.15. The Morgan fingerprint density at radius 2 is 1.96 bits per heavy atom. The number of hydrogen-bond donors (Lipinski definition) is 4. The number of carbonyl (C=O) groups excluding carboxylic acids is 3. The molecule has 1 aromatic rings. The minimum absolute atomic E-state index is 0.0895. The lowest BCUT2D eigenvalue weighted by Crippen LogP contribution is -2.46. The van der Waals surface area contributed by atoms with Crippen LogP contribution in [0.25, 0.3) is 0 Å². The van der Waals surface area contributed by atoms with Gasteiger partial charge in [0.2, 0.25) is 11.8 Å². The Morgan fingerprint density at radius 3 is 2.59 bits per heavy atom. The summed E-state index contributed by atoms with van der Waals surface area (Å²) in [6.07, 6.45) is -1.28. The summed E-state index contributed by atoms with van der Waals surface area (Å²) in [5.41, 5.74) is 6.03. The minimum Gasteiger partial charge on any atom is -0.445 e. The van der Waals surface area contributed by atoms with Crippen LogP contribution in [0.5, 0.6) is 0 Å². The third kappa shape index (κ3) is 9.81. The Morgan fingerprint density at radius 1 is 1.26 bits per heavy atom. The zero-order chi connectivity index (χ0) is 20.1. The quantitative estimate of drug-likeness (QED) is 0.408. The van der Waals surface area contributed by atoms with Gasteiger partial charge in [-0.1, -0.05) is 30.3 Å². The van der Waals surface area contributed by atoms with Gasteiger partial charge in [0.15, 0.2) is 0 Å². The van der Waals surface area contributed by atoms with Gasteiger partial charge >= 0.3 is 6.09 Å². The van der Waals surface area contributed by atoms with Crippen molar-refractivity contribution in [2.45, 2.75) is 44.4 Å². The number of hydrogen-bond acceptors (Lipinski definition) is 6. The molecule has 0 aromatic heterocycles. The van der Waals surface area contributed by atoms with Crippen molar-refractivity contribution < 1.29 is 24.2 Å². The first kappa shape index (κ1) is 21.9. The predicted molar refractivity (Wildman–Crippen MR) is 95.8 cm³/mol. The largest absolute Gasteiger partial charge is 0.445 e. The van der Waals surface area contributed by atoms with Gasteiger partial charge in [-0.15, -0.1) is 0 Å². The molecule has 0 heterocycles. The van der Waals surface area contributed by atoms with Crippen LogP contribution in [-0.4, -0.2) is 41.7 Å². The third-order valence-electron chi connectivity index (χ3n) is 3.58. The van der Waals surface area contributed by atoms with E-state index in [1.54, 1.807) is 12.1 Å². The Hall–Kier alpha value is -3.12. The van der Waals surface area contributed by atoms with Gasteiger partial charge in [-0.25, -0.2) is 4.79 Å². The monoisotopic (exact) mass is 376 g/mol. The van der Waals surface area contributed by atoms with Crippen molar-refractivity contribution in [1.82, 2.24) is 10.6 Å². The molecular formula is C18H24N4O5. The number of rotatable bonds is 11. The van der Waals surface area contributed by atoms with Crippen LogP contribution in [0.4, 0.5) is 4.79 Å². The number of aliphatic hydroxyl groups is 1. The lowest BCUT2D eigenvalue weighted by atomic mass is 10.1. The molecule has 1 rings (SSSR count). The summed E-state index contributed by atoms with van der Waals surface area (Å²) >= 11 is 0. The van der Waals surface area contributed by atoms with E-state index in [1.807, 2.05) is 24.3 Å². The molecule has 0 fully saturated rings. The Labute approximate surface area is 157 Å². The van der Waals surface area contributed by atoms with Gasteiger partial charge in [-0.05, 0) is 18.4 Å². The second-order valence-electron chi connectivity index (χ2n) is 5.87. The molecule has 5 N–H and O–H groups in total. The number of amides is 3. The molecule has 0 unspecified atom stereocenters. The third-order valence-corrected chi connectivity index (χ3v) is 3.58. The number of unbranched alkanes of at least 4 members (excludes halogenated alkanes) is 1. The summed E-state index contributed by atoms with van der Waals surface area (Å²) in [5, 5.41) is 23.1. The predicted octanol–water partition coefficient (Wildman–Crippen LogP) is 0.328. The molecule has 0 saturated heterocycles. The molecule has 0 radical (unpaired) electrons. The molecule has 9 nitrogen and oxygen atoms in total. The molecule has 0 saturated carbocycles. The van der Waals surface area contributed by atoms with Crippen LogP contribution in [0.15, 0.2) is 30.3 Å². The van der Waals surface area contributed by atoms with E-state index in [4.69, 9.17) is 15.7 Å². The van der Waals surface area contributed by atoms with Crippen LogP contribution in [-0.2, 0) is 20.9 Å². The van der Waals surface area contributed by atoms with Crippen molar-refractivity contribution in [2.75, 3.05) is 6.54 Å². The van der Waals surface area contributed by atoms with E-state index in [0.717, 1.165) is 5.56 Å². The van der Waals surface area contributed by atoms with Gasteiger partial charge in [0.1, 0.15) is 12.6 Å². The second kappa shape index (κ2) is 12.3. The van der Waals surface area contributed by atoms with Crippen LogP contribution in [0, 0.1) is 11.3 Å². The van der Waals surface area contributed by atoms with E-state index in [2.05, 4.69) is 10.6 Å². The molecule has 9 heteroatoms. The van der Waals surface area contributed by atoms with E-state index in [0.29, 0.717) is 6.42 Å². The number of aliphatic hydroxyl groups excluding tert-OH is 1. The fraction of sp³-hybridized carbons (Fsp3) is 0.444. The maximum absolute atomic E-state index is 11.9. The van der Waals surface area contributed by atoms with Gasteiger partial charge in [0.25, 0.3) is 0 Å². The molecule has 3 amide bonds. The van der Waals surface area contributed by atoms with Gasteiger partial charge in [-0.2, -0.15) is 5.26 Å². The maximum Gasteiger partial charge on any atom is 0.407 e. The lowest BCUT2D eigenvalue weighted by Gasteiger charge is -2.17. The molecule has 0 bridgehead atoms. The number of nitriles is 1. The fourth-order valence-electron chi connectivity index (χ4n) is 2.19. The lowest BCUT2D eigenvalue weighted by molar-refractivity contribution is -0.128. The highest BCUT2D eigenvalue weighted by Gasteiger charge is 2.20. The number of nitrogens with one attached hydrogen (secondary N) is 2. The molecule has 0 aliphatic heterocycles. The van der Waals surface area contributed by atoms with Crippen LogP contribution in [0.3, 0.4) is 0 Å². The molecular weight excluding hydrogens is 352 g/mol. The van der Waals surface area contributed by atoms with Gasteiger partial charge < -0.3 is 26.2 Å². The molecule has 0 aliphatic rings. The zero-order valence-corrected chi connectivity index (χ0v) is 14.9. The number of benzene rings is 1. The fourth-order valence-corrected chi connectivity index (χ4v) is 2.19. The first-order chi connectivity index (χ1) is 12.9. The average molecular weight is 376 g/mol. The molecule has 146 valence electrons. The normalized spacial score (nSPS) is 12.3. The van der Waals surface area contributed by atoms with Gasteiger partial charge in [0, 0.05) is 13.0 Å². The Balaban J connectivity index is 2.28. The molecule has 0 aliphatic carbocycles. The van der Waals surface area contributed by atoms with Crippen LogP contribution < -0.4 is 16.4 Å². The first-order valence-corrected chi connectivity index (χ1v) is 8.50. The van der Waals surface area contributed by atoms with Crippen LogP contribution in [0.1, 0.15) is 31.2 Å². The van der Waals surface area contributed by atoms with E-state index in [9.17, 15) is 19.5 Å². The Bertz CT molecular complexity index is 659. The zero-order valence-electron chi connectivity index (χ0n) is 14.9. The van der Waals surface area contributed by atoms with Crippen molar-refractivity contribution in [2.24, 2.45) is 5.73 Å². The van der Waals surface area contributed by atoms with Gasteiger partial charge in [-0.3, -0.25) is 9.59 Å².